The first-order valence-corrected chi connectivity index (χ1v) is 6.95. The van der Waals surface area contributed by atoms with Crippen LogP contribution < -0.4 is 10.1 Å². The van der Waals surface area contributed by atoms with Crippen LogP contribution in [-0.2, 0) is 4.79 Å². The van der Waals surface area contributed by atoms with Crippen molar-refractivity contribution in [2.45, 2.75) is 19.3 Å². The molecule has 1 aromatic carbocycles. The first-order chi connectivity index (χ1) is 9.69. The highest BCUT2D eigenvalue weighted by molar-refractivity contribution is 5.77. The minimum atomic E-state index is -0.389. The monoisotopic (exact) mass is 281 g/mol. The zero-order chi connectivity index (χ0) is 14.4. The third-order valence-electron chi connectivity index (χ3n) is 3.78. The molecule has 2 rings (SSSR count). The SMILES string of the molecule is O=C(COc1cccc(F)c1)NCC1CCCC1CO. The summed E-state index contributed by atoms with van der Waals surface area (Å²) < 4.78 is 18.1. The second-order valence-electron chi connectivity index (χ2n) is 5.18. The van der Waals surface area contributed by atoms with Gasteiger partial charge in [0, 0.05) is 19.2 Å². The first-order valence-electron chi connectivity index (χ1n) is 6.95. The van der Waals surface area contributed by atoms with Crippen molar-refractivity contribution in [1.82, 2.24) is 5.32 Å². The van der Waals surface area contributed by atoms with Crippen LogP contribution in [0, 0.1) is 17.7 Å². The van der Waals surface area contributed by atoms with Crippen LogP contribution in [0.3, 0.4) is 0 Å². The predicted octanol–water partition coefficient (Wildman–Crippen LogP) is 1.73. The van der Waals surface area contributed by atoms with E-state index in [1.165, 1.54) is 18.2 Å². The topological polar surface area (TPSA) is 58.6 Å². The predicted molar refractivity (Wildman–Crippen MR) is 72.8 cm³/mol. The molecule has 1 fully saturated rings. The summed E-state index contributed by atoms with van der Waals surface area (Å²) >= 11 is 0. The minimum absolute atomic E-state index is 0.125. The maximum Gasteiger partial charge on any atom is 0.257 e. The van der Waals surface area contributed by atoms with Gasteiger partial charge in [0.15, 0.2) is 6.61 Å². The van der Waals surface area contributed by atoms with E-state index in [-0.39, 0.29) is 24.9 Å². The number of benzene rings is 1. The van der Waals surface area contributed by atoms with Gasteiger partial charge in [-0.15, -0.1) is 0 Å². The third kappa shape index (κ3) is 4.20. The maximum atomic E-state index is 12.9. The van der Waals surface area contributed by atoms with Crippen molar-refractivity contribution in [3.63, 3.8) is 0 Å². The smallest absolute Gasteiger partial charge is 0.257 e. The molecular formula is C15H20FNO3. The fraction of sp³-hybridized carbons (Fsp3) is 0.533. The highest BCUT2D eigenvalue weighted by atomic mass is 19.1. The summed E-state index contributed by atoms with van der Waals surface area (Å²) in [6.07, 6.45) is 3.17. The van der Waals surface area contributed by atoms with Gasteiger partial charge >= 0.3 is 0 Å². The van der Waals surface area contributed by atoms with E-state index < -0.39 is 0 Å². The lowest BCUT2D eigenvalue weighted by Crippen LogP contribution is -2.34. The average Bonchev–Trinajstić information content (AvgIpc) is 2.90. The summed E-state index contributed by atoms with van der Waals surface area (Å²) in [5.74, 6) is 0.365. The Hall–Kier alpha value is -1.62. The van der Waals surface area contributed by atoms with Crippen LogP contribution in [0.1, 0.15) is 19.3 Å². The van der Waals surface area contributed by atoms with Crippen molar-refractivity contribution in [3.05, 3.63) is 30.1 Å². The zero-order valence-corrected chi connectivity index (χ0v) is 11.3. The number of rotatable bonds is 6. The molecule has 5 heteroatoms. The van der Waals surface area contributed by atoms with Crippen molar-refractivity contribution >= 4 is 5.91 Å². The van der Waals surface area contributed by atoms with Gasteiger partial charge < -0.3 is 15.2 Å². The minimum Gasteiger partial charge on any atom is -0.484 e. The molecule has 2 N–H and O–H groups in total. The molecule has 2 atom stereocenters. The van der Waals surface area contributed by atoms with Crippen molar-refractivity contribution in [3.8, 4) is 5.75 Å². The van der Waals surface area contributed by atoms with Crippen molar-refractivity contribution in [1.29, 1.82) is 0 Å². The van der Waals surface area contributed by atoms with E-state index in [1.54, 1.807) is 6.07 Å². The van der Waals surface area contributed by atoms with Crippen LogP contribution in [0.5, 0.6) is 5.75 Å². The van der Waals surface area contributed by atoms with Gasteiger partial charge in [0.2, 0.25) is 0 Å². The number of aliphatic hydroxyl groups is 1. The first kappa shape index (κ1) is 14.8. The number of hydrogen-bond donors (Lipinski definition) is 2. The standard InChI is InChI=1S/C15H20FNO3/c16-13-5-2-6-14(7-13)20-10-15(19)17-8-11-3-1-4-12(11)9-18/h2,5-7,11-12,18H,1,3-4,8-10H2,(H,17,19). The van der Waals surface area contributed by atoms with Gasteiger partial charge in [-0.2, -0.15) is 0 Å². The summed E-state index contributed by atoms with van der Waals surface area (Å²) in [4.78, 5) is 11.7. The van der Waals surface area contributed by atoms with E-state index in [4.69, 9.17) is 4.74 Å². The van der Waals surface area contributed by atoms with Crippen LogP contribution in [0.2, 0.25) is 0 Å². The Kier molecular flexibility index (Phi) is 5.35. The Balaban J connectivity index is 1.70. The van der Waals surface area contributed by atoms with Crippen LogP contribution in [0.4, 0.5) is 4.39 Å². The van der Waals surface area contributed by atoms with E-state index >= 15 is 0 Å². The van der Waals surface area contributed by atoms with Gasteiger partial charge in [0.25, 0.3) is 5.91 Å². The Morgan fingerprint density at radius 2 is 2.20 bits per heavy atom. The molecule has 1 aliphatic carbocycles. The molecule has 1 saturated carbocycles. The molecule has 1 aliphatic rings. The molecule has 0 radical (unpaired) electrons. The fourth-order valence-electron chi connectivity index (χ4n) is 2.62. The number of hydrogen-bond acceptors (Lipinski definition) is 3. The summed E-state index contributed by atoms with van der Waals surface area (Å²) in [7, 11) is 0. The molecule has 20 heavy (non-hydrogen) atoms. The molecule has 0 aliphatic heterocycles. The number of carbonyl (C=O) groups is 1. The summed E-state index contributed by atoms with van der Waals surface area (Å²) in [5, 5.41) is 12.0. The van der Waals surface area contributed by atoms with Gasteiger partial charge in [0.05, 0.1) is 0 Å². The second-order valence-corrected chi connectivity index (χ2v) is 5.18. The van der Waals surface area contributed by atoms with Crippen LogP contribution in [0.15, 0.2) is 24.3 Å². The summed E-state index contributed by atoms with van der Waals surface area (Å²) in [6.45, 7) is 0.622. The molecule has 2 unspecified atom stereocenters. The van der Waals surface area contributed by atoms with E-state index in [1.807, 2.05) is 0 Å². The fourth-order valence-corrected chi connectivity index (χ4v) is 2.62. The second kappa shape index (κ2) is 7.24. The molecule has 0 saturated heterocycles. The average molecular weight is 281 g/mol. The van der Waals surface area contributed by atoms with Crippen LogP contribution in [0.25, 0.3) is 0 Å². The molecule has 110 valence electrons. The molecule has 4 nitrogen and oxygen atoms in total. The third-order valence-corrected chi connectivity index (χ3v) is 3.78. The molecular weight excluding hydrogens is 261 g/mol. The number of nitrogens with one attached hydrogen (secondary N) is 1. The lowest BCUT2D eigenvalue weighted by atomic mass is 9.97. The molecule has 0 spiro atoms. The maximum absolute atomic E-state index is 12.9. The highest BCUT2D eigenvalue weighted by Crippen LogP contribution is 2.30. The Labute approximate surface area is 117 Å². The van der Waals surface area contributed by atoms with E-state index in [9.17, 15) is 14.3 Å². The largest absolute Gasteiger partial charge is 0.484 e. The molecule has 0 aromatic heterocycles. The summed E-state index contributed by atoms with van der Waals surface area (Å²) in [5.41, 5.74) is 0. The lowest BCUT2D eigenvalue weighted by molar-refractivity contribution is -0.123. The highest BCUT2D eigenvalue weighted by Gasteiger charge is 2.26. The van der Waals surface area contributed by atoms with Crippen molar-refractivity contribution in [2.24, 2.45) is 11.8 Å². The van der Waals surface area contributed by atoms with Crippen molar-refractivity contribution in [2.75, 3.05) is 19.8 Å². The number of carbonyl (C=O) groups excluding carboxylic acids is 1. The molecule has 0 heterocycles. The Morgan fingerprint density at radius 3 is 2.95 bits per heavy atom. The lowest BCUT2D eigenvalue weighted by Gasteiger charge is -2.17. The van der Waals surface area contributed by atoms with Gasteiger partial charge in [0.1, 0.15) is 11.6 Å². The van der Waals surface area contributed by atoms with Crippen molar-refractivity contribution < 1.29 is 19.0 Å². The number of ether oxygens (including phenoxy) is 1. The van der Waals surface area contributed by atoms with Gasteiger partial charge in [-0.25, -0.2) is 4.39 Å². The molecule has 1 amide bonds. The Morgan fingerprint density at radius 1 is 1.40 bits per heavy atom. The van der Waals surface area contributed by atoms with Crippen LogP contribution >= 0.6 is 0 Å². The Bertz CT molecular complexity index is 452. The molecule has 1 aromatic rings. The van der Waals surface area contributed by atoms with Gasteiger partial charge in [-0.1, -0.05) is 12.5 Å². The number of amides is 1. The zero-order valence-electron chi connectivity index (χ0n) is 11.3. The quantitative estimate of drug-likeness (QED) is 0.835. The van der Waals surface area contributed by atoms with Crippen LogP contribution in [-0.4, -0.2) is 30.8 Å². The van der Waals surface area contributed by atoms with E-state index in [0.717, 1.165) is 19.3 Å². The number of aliphatic hydroxyl groups excluding tert-OH is 1. The molecule has 0 bridgehead atoms. The summed E-state index contributed by atoms with van der Waals surface area (Å²) in [6, 6.07) is 5.70. The van der Waals surface area contributed by atoms with Gasteiger partial charge in [-0.05, 0) is 36.8 Å². The normalized spacial score (nSPS) is 21.7. The van der Waals surface area contributed by atoms with E-state index in [0.29, 0.717) is 24.1 Å². The van der Waals surface area contributed by atoms with Gasteiger partial charge in [-0.3, -0.25) is 4.79 Å². The number of halogens is 1. The van der Waals surface area contributed by atoms with E-state index in [2.05, 4.69) is 5.32 Å².